The topological polar surface area (TPSA) is 102 Å². The standard InChI is InChI=1S/C21H23N3O5S/c1-24(2)30(26,27)16-9-10-18(28-3)17(13-16)23-20(25)11-12-21-22-14-19(29-21)15-7-5-4-6-8-15/h4-10,13-14H,11-12H2,1-3H3,(H,23,25). The highest BCUT2D eigenvalue weighted by Gasteiger charge is 2.20. The summed E-state index contributed by atoms with van der Waals surface area (Å²) in [6.07, 6.45) is 2.04. The fourth-order valence-corrected chi connectivity index (χ4v) is 3.68. The highest BCUT2D eigenvalue weighted by atomic mass is 32.2. The molecule has 3 rings (SSSR count). The summed E-state index contributed by atoms with van der Waals surface area (Å²) in [5.41, 5.74) is 1.19. The van der Waals surface area contributed by atoms with Crippen LogP contribution in [-0.2, 0) is 21.2 Å². The predicted octanol–water partition coefficient (Wildman–Crippen LogP) is 3.17. The number of benzene rings is 2. The lowest BCUT2D eigenvalue weighted by atomic mass is 10.2. The van der Waals surface area contributed by atoms with Gasteiger partial charge in [0.15, 0.2) is 11.7 Å². The average molecular weight is 429 g/mol. The number of sulfonamides is 1. The Morgan fingerprint density at radius 1 is 1.17 bits per heavy atom. The van der Waals surface area contributed by atoms with Crippen molar-refractivity contribution >= 4 is 21.6 Å². The molecule has 30 heavy (non-hydrogen) atoms. The van der Waals surface area contributed by atoms with Crippen LogP contribution in [0.2, 0.25) is 0 Å². The Labute approximate surface area is 175 Å². The number of carbonyl (C=O) groups excluding carboxylic acids is 1. The van der Waals surface area contributed by atoms with E-state index < -0.39 is 10.0 Å². The zero-order chi connectivity index (χ0) is 21.7. The maximum Gasteiger partial charge on any atom is 0.242 e. The van der Waals surface area contributed by atoms with Gasteiger partial charge in [-0.05, 0) is 18.2 Å². The van der Waals surface area contributed by atoms with Crippen molar-refractivity contribution < 1.29 is 22.4 Å². The fraction of sp³-hybridized carbons (Fsp3) is 0.238. The molecule has 0 radical (unpaired) electrons. The number of aromatic nitrogens is 1. The van der Waals surface area contributed by atoms with E-state index in [1.165, 1.54) is 39.4 Å². The number of amides is 1. The first-order valence-corrected chi connectivity index (χ1v) is 10.7. The Hall–Kier alpha value is -3.17. The lowest BCUT2D eigenvalue weighted by molar-refractivity contribution is -0.116. The monoisotopic (exact) mass is 429 g/mol. The highest BCUT2D eigenvalue weighted by Crippen LogP contribution is 2.29. The Bertz CT molecular complexity index is 1120. The van der Waals surface area contributed by atoms with Gasteiger partial charge in [0.1, 0.15) is 5.75 Å². The number of nitrogens with zero attached hydrogens (tertiary/aromatic N) is 2. The molecule has 158 valence electrons. The van der Waals surface area contributed by atoms with E-state index in [2.05, 4.69) is 10.3 Å². The van der Waals surface area contributed by atoms with Gasteiger partial charge in [0.05, 0.1) is 23.9 Å². The van der Waals surface area contributed by atoms with Gasteiger partial charge in [-0.3, -0.25) is 4.79 Å². The number of rotatable bonds is 8. The van der Waals surface area contributed by atoms with Gasteiger partial charge in [-0.1, -0.05) is 30.3 Å². The number of carbonyl (C=O) groups is 1. The summed E-state index contributed by atoms with van der Waals surface area (Å²) in [5.74, 6) is 1.13. The summed E-state index contributed by atoms with van der Waals surface area (Å²) < 4.78 is 36.7. The van der Waals surface area contributed by atoms with Crippen LogP contribution in [0, 0.1) is 0 Å². The molecule has 9 heteroatoms. The van der Waals surface area contributed by atoms with Crippen LogP contribution in [0.4, 0.5) is 5.69 Å². The molecule has 0 atom stereocenters. The van der Waals surface area contributed by atoms with Crippen molar-refractivity contribution in [3.05, 3.63) is 60.6 Å². The summed E-state index contributed by atoms with van der Waals surface area (Å²) in [6, 6.07) is 13.9. The van der Waals surface area contributed by atoms with E-state index in [0.29, 0.717) is 23.8 Å². The summed E-state index contributed by atoms with van der Waals surface area (Å²) in [5, 5.41) is 2.71. The third-order valence-electron chi connectivity index (χ3n) is 4.40. The van der Waals surface area contributed by atoms with E-state index >= 15 is 0 Å². The van der Waals surface area contributed by atoms with Crippen LogP contribution in [0.25, 0.3) is 11.3 Å². The molecule has 0 saturated carbocycles. The quantitative estimate of drug-likeness (QED) is 0.590. The summed E-state index contributed by atoms with van der Waals surface area (Å²) in [4.78, 5) is 16.7. The van der Waals surface area contributed by atoms with Crippen molar-refractivity contribution in [1.82, 2.24) is 9.29 Å². The maximum atomic E-state index is 12.4. The van der Waals surface area contributed by atoms with E-state index in [0.717, 1.165) is 9.87 Å². The SMILES string of the molecule is COc1ccc(S(=O)(=O)N(C)C)cc1NC(=O)CCc1ncc(-c2ccccc2)o1. The summed E-state index contributed by atoms with van der Waals surface area (Å²) in [7, 11) is 0.695. The predicted molar refractivity (Wildman–Crippen MR) is 113 cm³/mol. The van der Waals surface area contributed by atoms with Crippen LogP contribution in [0.3, 0.4) is 0 Å². The first-order valence-electron chi connectivity index (χ1n) is 9.22. The molecule has 1 N–H and O–H groups in total. The largest absolute Gasteiger partial charge is 0.495 e. The van der Waals surface area contributed by atoms with E-state index in [1.54, 1.807) is 6.20 Å². The summed E-state index contributed by atoms with van der Waals surface area (Å²) >= 11 is 0. The van der Waals surface area contributed by atoms with Gasteiger partial charge in [-0.2, -0.15) is 0 Å². The Kier molecular flexibility index (Phi) is 6.53. The molecule has 1 amide bonds. The second-order valence-electron chi connectivity index (χ2n) is 6.68. The third kappa shape index (κ3) is 4.87. The number of nitrogens with one attached hydrogen (secondary N) is 1. The highest BCUT2D eigenvalue weighted by molar-refractivity contribution is 7.89. The zero-order valence-electron chi connectivity index (χ0n) is 17.0. The van der Waals surface area contributed by atoms with E-state index in [4.69, 9.17) is 9.15 Å². The van der Waals surface area contributed by atoms with Gasteiger partial charge in [-0.25, -0.2) is 17.7 Å². The molecular formula is C21H23N3O5S. The minimum Gasteiger partial charge on any atom is -0.495 e. The van der Waals surface area contributed by atoms with Crippen LogP contribution in [-0.4, -0.2) is 44.8 Å². The first-order chi connectivity index (χ1) is 14.3. The van der Waals surface area contributed by atoms with Gasteiger partial charge < -0.3 is 14.5 Å². The molecule has 1 heterocycles. The molecule has 0 spiro atoms. The molecule has 0 saturated heterocycles. The number of aryl methyl sites for hydroxylation is 1. The van der Waals surface area contributed by atoms with Crippen molar-refractivity contribution in [2.75, 3.05) is 26.5 Å². The molecule has 0 aliphatic heterocycles. The van der Waals surface area contributed by atoms with Gasteiger partial charge in [0.25, 0.3) is 0 Å². The normalized spacial score (nSPS) is 11.5. The van der Waals surface area contributed by atoms with Crippen molar-refractivity contribution in [2.45, 2.75) is 17.7 Å². The van der Waals surface area contributed by atoms with E-state index in [1.807, 2.05) is 30.3 Å². The third-order valence-corrected chi connectivity index (χ3v) is 6.21. The number of methoxy groups -OCH3 is 1. The molecule has 2 aromatic carbocycles. The smallest absolute Gasteiger partial charge is 0.242 e. The van der Waals surface area contributed by atoms with Gasteiger partial charge in [0.2, 0.25) is 15.9 Å². The average Bonchev–Trinajstić information content (AvgIpc) is 3.22. The zero-order valence-corrected chi connectivity index (χ0v) is 17.8. The second-order valence-corrected chi connectivity index (χ2v) is 8.83. The van der Waals surface area contributed by atoms with Crippen molar-refractivity contribution in [1.29, 1.82) is 0 Å². The lowest BCUT2D eigenvalue weighted by Crippen LogP contribution is -2.22. The van der Waals surface area contributed by atoms with E-state index in [-0.39, 0.29) is 22.9 Å². The minimum absolute atomic E-state index is 0.0591. The van der Waals surface area contributed by atoms with Crippen molar-refractivity contribution in [2.24, 2.45) is 0 Å². The van der Waals surface area contributed by atoms with Crippen LogP contribution in [0.1, 0.15) is 12.3 Å². The van der Waals surface area contributed by atoms with Gasteiger partial charge >= 0.3 is 0 Å². The second kappa shape index (κ2) is 9.10. The number of anilines is 1. The molecule has 3 aromatic rings. The number of ether oxygens (including phenoxy) is 1. The molecule has 8 nitrogen and oxygen atoms in total. The molecular weight excluding hydrogens is 406 g/mol. The minimum atomic E-state index is -3.64. The van der Waals surface area contributed by atoms with Crippen molar-refractivity contribution in [3.8, 4) is 17.1 Å². The van der Waals surface area contributed by atoms with E-state index in [9.17, 15) is 13.2 Å². The molecule has 1 aromatic heterocycles. The number of hydrogen-bond donors (Lipinski definition) is 1. The Morgan fingerprint density at radius 2 is 1.90 bits per heavy atom. The van der Waals surface area contributed by atoms with Gasteiger partial charge in [0, 0.05) is 32.5 Å². The van der Waals surface area contributed by atoms with Crippen LogP contribution in [0.15, 0.2) is 64.0 Å². The van der Waals surface area contributed by atoms with Crippen LogP contribution in [0.5, 0.6) is 5.75 Å². The maximum absolute atomic E-state index is 12.4. The molecule has 0 fully saturated rings. The lowest BCUT2D eigenvalue weighted by Gasteiger charge is -2.15. The fourth-order valence-electron chi connectivity index (χ4n) is 2.75. The molecule has 0 unspecified atom stereocenters. The molecule has 0 bridgehead atoms. The number of hydrogen-bond acceptors (Lipinski definition) is 6. The Morgan fingerprint density at radius 3 is 2.57 bits per heavy atom. The first kappa shape index (κ1) is 21.5. The molecule has 0 aliphatic rings. The van der Waals surface area contributed by atoms with Gasteiger partial charge in [-0.15, -0.1) is 0 Å². The summed E-state index contributed by atoms with van der Waals surface area (Å²) in [6.45, 7) is 0. The van der Waals surface area contributed by atoms with Crippen molar-refractivity contribution in [3.63, 3.8) is 0 Å². The van der Waals surface area contributed by atoms with Crippen LogP contribution >= 0.6 is 0 Å². The molecule has 0 aliphatic carbocycles. The Balaban J connectivity index is 1.68. The number of oxazole rings is 1. The van der Waals surface area contributed by atoms with Crippen LogP contribution < -0.4 is 10.1 Å².